The molecule has 24 heavy (non-hydrogen) atoms. The van der Waals surface area contributed by atoms with Crippen LogP contribution >= 0.6 is 0 Å². The Kier molecular flexibility index (Phi) is 5.49. The lowest BCUT2D eigenvalue weighted by atomic mass is 9.64. The summed E-state index contributed by atoms with van der Waals surface area (Å²) < 4.78 is 5.52. The number of hydrogen-bond acceptors (Lipinski definition) is 4. The third-order valence-electron chi connectivity index (χ3n) is 5.21. The largest absolute Gasteiger partial charge is 0.452 e. The Hall–Kier alpha value is -1.68. The molecule has 0 aromatic carbocycles. The molecule has 0 saturated heterocycles. The van der Waals surface area contributed by atoms with E-state index in [1.165, 1.54) is 6.08 Å². The van der Waals surface area contributed by atoms with Gasteiger partial charge in [0.25, 0.3) is 0 Å². The van der Waals surface area contributed by atoms with Crippen LogP contribution in [0.25, 0.3) is 0 Å². The van der Waals surface area contributed by atoms with Gasteiger partial charge in [0, 0.05) is 12.5 Å². The molecule has 4 heteroatoms. The number of esters is 1. The van der Waals surface area contributed by atoms with Gasteiger partial charge in [-0.15, -0.1) is 0 Å². The van der Waals surface area contributed by atoms with Crippen molar-refractivity contribution in [1.82, 2.24) is 0 Å². The molecule has 0 spiro atoms. The summed E-state index contributed by atoms with van der Waals surface area (Å²) in [6.45, 7) is 13.6. The first-order valence-electron chi connectivity index (χ1n) is 8.60. The standard InChI is InChI=1S/C20H28O4/c1-7-13-15(21)9-14-12(6)20(24-16(22)8-10(2)3)19(23)17(11(4)5)18(13)14/h7-8,11,14,17-20,23H,6,9H2,1-5H3/b13-7+/t14-,17-,18+,19-,20-/m0/s1. The fourth-order valence-electron chi connectivity index (χ4n) is 4.23. The lowest BCUT2D eigenvalue weighted by Crippen LogP contribution is -2.50. The summed E-state index contributed by atoms with van der Waals surface area (Å²) >= 11 is 0. The third-order valence-corrected chi connectivity index (χ3v) is 5.21. The monoisotopic (exact) mass is 332 g/mol. The van der Waals surface area contributed by atoms with Gasteiger partial charge in [-0.3, -0.25) is 4.79 Å². The van der Waals surface area contributed by atoms with E-state index in [1.807, 2.05) is 40.7 Å². The molecule has 2 aliphatic rings. The molecule has 4 nitrogen and oxygen atoms in total. The number of Topliss-reactive ketones (excluding diaryl/α,β-unsaturated/α-hetero) is 1. The molecule has 0 aliphatic heterocycles. The van der Waals surface area contributed by atoms with Crippen molar-refractivity contribution in [3.05, 3.63) is 35.5 Å². The van der Waals surface area contributed by atoms with E-state index in [0.29, 0.717) is 12.0 Å². The van der Waals surface area contributed by atoms with Crippen molar-refractivity contribution in [3.8, 4) is 0 Å². The van der Waals surface area contributed by atoms with E-state index >= 15 is 0 Å². The number of carbonyl (C=O) groups excluding carboxylic acids is 2. The Morgan fingerprint density at radius 3 is 2.50 bits per heavy atom. The summed E-state index contributed by atoms with van der Waals surface area (Å²) in [4.78, 5) is 24.4. The van der Waals surface area contributed by atoms with Crippen molar-refractivity contribution < 1.29 is 19.4 Å². The number of aliphatic hydroxyl groups is 1. The summed E-state index contributed by atoms with van der Waals surface area (Å²) in [5, 5.41) is 10.9. The molecule has 0 radical (unpaired) electrons. The van der Waals surface area contributed by atoms with Gasteiger partial charge in [0.05, 0.1) is 6.10 Å². The first-order chi connectivity index (χ1) is 11.2. The van der Waals surface area contributed by atoms with Gasteiger partial charge in [0.15, 0.2) is 5.78 Å². The lowest BCUT2D eigenvalue weighted by molar-refractivity contribution is -0.153. The Balaban J connectivity index is 2.38. The van der Waals surface area contributed by atoms with Crippen molar-refractivity contribution in [2.75, 3.05) is 0 Å². The van der Waals surface area contributed by atoms with Crippen LogP contribution in [-0.4, -0.2) is 29.1 Å². The zero-order chi connectivity index (χ0) is 18.2. The molecule has 0 heterocycles. The number of rotatable bonds is 3. The maximum Gasteiger partial charge on any atom is 0.331 e. The van der Waals surface area contributed by atoms with Crippen molar-refractivity contribution in [3.63, 3.8) is 0 Å². The van der Waals surface area contributed by atoms with Crippen molar-refractivity contribution in [2.45, 2.75) is 53.2 Å². The molecule has 2 saturated carbocycles. The zero-order valence-corrected chi connectivity index (χ0v) is 15.2. The highest BCUT2D eigenvalue weighted by Gasteiger charge is 2.54. The fraction of sp³-hybridized carbons (Fsp3) is 0.600. The van der Waals surface area contributed by atoms with Gasteiger partial charge in [-0.05, 0) is 55.6 Å². The van der Waals surface area contributed by atoms with Crippen LogP contribution in [0.4, 0.5) is 0 Å². The minimum atomic E-state index is -0.853. The lowest BCUT2D eigenvalue weighted by Gasteiger charge is -2.45. The maximum atomic E-state index is 12.4. The highest BCUT2D eigenvalue weighted by molar-refractivity contribution is 5.99. The molecular weight excluding hydrogens is 304 g/mol. The molecule has 2 fully saturated rings. The highest BCUT2D eigenvalue weighted by atomic mass is 16.6. The summed E-state index contributed by atoms with van der Waals surface area (Å²) in [6.07, 6.45) is 2.04. The van der Waals surface area contributed by atoms with E-state index in [2.05, 4.69) is 6.58 Å². The number of hydrogen-bond donors (Lipinski definition) is 1. The van der Waals surface area contributed by atoms with Crippen molar-refractivity contribution in [1.29, 1.82) is 0 Å². The van der Waals surface area contributed by atoms with Crippen LogP contribution in [0.1, 0.15) is 41.0 Å². The molecule has 0 aromatic rings. The normalized spacial score (nSPS) is 34.5. The number of ketones is 1. The van der Waals surface area contributed by atoms with Crippen LogP contribution < -0.4 is 0 Å². The number of aliphatic hydroxyl groups excluding tert-OH is 1. The van der Waals surface area contributed by atoms with Crippen LogP contribution in [0, 0.1) is 23.7 Å². The van der Waals surface area contributed by atoms with Gasteiger partial charge in [0.2, 0.25) is 0 Å². The molecule has 132 valence electrons. The zero-order valence-electron chi connectivity index (χ0n) is 15.2. The molecule has 2 rings (SSSR count). The van der Waals surface area contributed by atoms with Crippen LogP contribution in [0.15, 0.2) is 35.5 Å². The average molecular weight is 332 g/mol. The molecule has 0 aromatic heterocycles. The highest BCUT2D eigenvalue weighted by Crippen LogP contribution is 2.51. The predicted octanol–water partition coefficient (Wildman–Crippen LogP) is 3.22. The second kappa shape index (κ2) is 7.06. The molecule has 5 atom stereocenters. The second-order valence-corrected chi connectivity index (χ2v) is 7.47. The van der Waals surface area contributed by atoms with Gasteiger partial charge in [-0.1, -0.05) is 32.1 Å². The summed E-state index contributed by atoms with van der Waals surface area (Å²) in [5.74, 6) is -0.444. The smallest absolute Gasteiger partial charge is 0.331 e. The van der Waals surface area contributed by atoms with Crippen molar-refractivity contribution in [2.24, 2.45) is 23.7 Å². The molecule has 0 unspecified atom stereocenters. The van der Waals surface area contributed by atoms with E-state index in [1.54, 1.807) is 0 Å². The molecule has 0 bridgehead atoms. The minimum Gasteiger partial charge on any atom is -0.452 e. The van der Waals surface area contributed by atoms with Crippen LogP contribution in [0.5, 0.6) is 0 Å². The molecular formula is C20H28O4. The average Bonchev–Trinajstić information content (AvgIpc) is 2.79. The summed E-state index contributed by atoms with van der Waals surface area (Å²) in [7, 11) is 0. The topological polar surface area (TPSA) is 63.6 Å². The molecule has 2 aliphatic carbocycles. The Morgan fingerprint density at radius 1 is 1.38 bits per heavy atom. The quantitative estimate of drug-likeness (QED) is 0.490. The first-order valence-corrected chi connectivity index (χ1v) is 8.60. The Bertz CT molecular complexity index is 607. The predicted molar refractivity (Wildman–Crippen MR) is 93.1 cm³/mol. The van der Waals surface area contributed by atoms with Gasteiger partial charge < -0.3 is 9.84 Å². The van der Waals surface area contributed by atoms with Gasteiger partial charge in [-0.25, -0.2) is 4.79 Å². The van der Waals surface area contributed by atoms with Gasteiger partial charge >= 0.3 is 5.97 Å². The van der Waals surface area contributed by atoms with E-state index in [-0.39, 0.29) is 29.5 Å². The van der Waals surface area contributed by atoms with Crippen LogP contribution in [0.2, 0.25) is 0 Å². The minimum absolute atomic E-state index is 0.0385. The van der Waals surface area contributed by atoms with E-state index in [4.69, 9.17) is 4.74 Å². The Morgan fingerprint density at radius 2 is 2.00 bits per heavy atom. The first kappa shape index (κ1) is 18.7. The van der Waals surface area contributed by atoms with Crippen LogP contribution in [0.3, 0.4) is 0 Å². The van der Waals surface area contributed by atoms with E-state index in [9.17, 15) is 14.7 Å². The SMILES string of the molecule is C=C1[C@@H]2CC(=O)/C(=C\C)[C@H]2[C@H](C(C)C)[C@H](O)[C@H]1OC(=O)C=C(C)C. The summed E-state index contributed by atoms with van der Waals surface area (Å²) in [5.41, 5.74) is 2.28. The number of carbonyl (C=O) groups is 2. The van der Waals surface area contributed by atoms with Gasteiger partial charge in [0.1, 0.15) is 6.10 Å². The third kappa shape index (κ3) is 3.25. The summed E-state index contributed by atoms with van der Waals surface area (Å²) in [6, 6.07) is 0. The van der Waals surface area contributed by atoms with E-state index in [0.717, 1.165) is 11.1 Å². The van der Waals surface area contributed by atoms with Crippen LogP contribution in [-0.2, 0) is 14.3 Å². The molecule has 1 N–H and O–H groups in total. The Labute approximate surface area is 144 Å². The fourth-order valence-corrected chi connectivity index (χ4v) is 4.23. The number of fused-ring (bicyclic) bond motifs is 1. The maximum absolute atomic E-state index is 12.4. The number of allylic oxidation sites excluding steroid dienone is 3. The van der Waals surface area contributed by atoms with Gasteiger partial charge in [-0.2, -0.15) is 0 Å². The molecule has 0 amide bonds. The van der Waals surface area contributed by atoms with E-state index < -0.39 is 18.2 Å². The number of ether oxygens (including phenoxy) is 1. The second-order valence-electron chi connectivity index (χ2n) is 7.47. The van der Waals surface area contributed by atoms with Crippen molar-refractivity contribution >= 4 is 11.8 Å².